The molecular weight excluding hydrogens is 400 g/mol. The van der Waals surface area contributed by atoms with E-state index < -0.39 is 17.9 Å². The number of nitrogens with one attached hydrogen (secondary N) is 2. The first-order valence-electron chi connectivity index (χ1n) is 7.90. The Labute approximate surface area is 160 Å². The summed E-state index contributed by atoms with van der Waals surface area (Å²) >= 11 is 3.38. The number of rotatable bonds is 6. The molecule has 0 aliphatic rings. The Kier molecular flexibility index (Phi) is 6.91. The molecule has 0 unspecified atom stereocenters. The highest BCUT2D eigenvalue weighted by Gasteiger charge is 2.23. The monoisotopic (exact) mass is 418 g/mol. The van der Waals surface area contributed by atoms with Crippen molar-refractivity contribution < 1.29 is 19.1 Å². The molecule has 0 fully saturated rings. The number of esters is 1. The number of anilines is 1. The van der Waals surface area contributed by atoms with Crippen LogP contribution in [-0.4, -0.2) is 30.9 Å². The Hall–Kier alpha value is -2.67. The summed E-state index contributed by atoms with van der Waals surface area (Å²) in [6.07, 6.45) is 0.295. The third kappa shape index (κ3) is 5.70. The fourth-order valence-electron chi connectivity index (χ4n) is 2.42. The van der Waals surface area contributed by atoms with Crippen molar-refractivity contribution in [3.05, 3.63) is 64.1 Å². The van der Waals surface area contributed by atoms with E-state index >= 15 is 0 Å². The molecule has 1 atom stereocenters. The highest BCUT2D eigenvalue weighted by Crippen LogP contribution is 2.15. The highest BCUT2D eigenvalue weighted by molar-refractivity contribution is 9.10. The van der Waals surface area contributed by atoms with Gasteiger partial charge < -0.3 is 15.4 Å². The van der Waals surface area contributed by atoms with Gasteiger partial charge in [0.1, 0.15) is 6.04 Å². The molecule has 7 heteroatoms. The molecule has 2 N–H and O–H groups in total. The standard InChI is InChI=1S/C19H19BrN2O4/c1-12(23)21-16-8-4-6-14(11-16)18(24)22-17(19(25)26-2)10-13-5-3-7-15(20)9-13/h3-9,11,17H,10H2,1-2H3,(H,21,23)(H,22,24)/t17-/m1/s1. The van der Waals surface area contributed by atoms with E-state index in [0.717, 1.165) is 10.0 Å². The molecule has 2 aromatic rings. The molecule has 0 aliphatic heterocycles. The Bertz CT molecular complexity index is 823. The van der Waals surface area contributed by atoms with Crippen molar-refractivity contribution in [3.63, 3.8) is 0 Å². The van der Waals surface area contributed by atoms with Gasteiger partial charge in [0.05, 0.1) is 7.11 Å². The van der Waals surface area contributed by atoms with Crippen LogP contribution >= 0.6 is 15.9 Å². The van der Waals surface area contributed by atoms with Crippen LogP contribution in [0.25, 0.3) is 0 Å². The number of methoxy groups -OCH3 is 1. The van der Waals surface area contributed by atoms with Gasteiger partial charge in [-0.1, -0.05) is 34.1 Å². The van der Waals surface area contributed by atoms with E-state index in [1.807, 2.05) is 24.3 Å². The van der Waals surface area contributed by atoms with E-state index in [9.17, 15) is 14.4 Å². The van der Waals surface area contributed by atoms with Gasteiger partial charge in [-0.05, 0) is 35.9 Å². The molecule has 0 aromatic heterocycles. The van der Waals surface area contributed by atoms with Crippen LogP contribution in [0.5, 0.6) is 0 Å². The summed E-state index contributed by atoms with van der Waals surface area (Å²) < 4.78 is 5.69. The van der Waals surface area contributed by atoms with Crippen LogP contribution in [0.4, 0.5) is 5.69 Å². The molecule has 6 nitrogen and oxygen atoms in total. The van der Waals surface area contributed by atoms with E-state index in [0.29, 0.717) is 17.7 Å². The van der Waals surface area contributed by atoms with Gasteiger partial charge in [-0.3, -0.25) is 9.59 Å². The third-order valence-electron chi connectivity index (χ3n) is 3.57. The predicted octanol–water partition coefficient (Wildman–Crippen LogP) is 2.92. The summed E-state index contributed by atoms with van der Waals surface area (Å²) in [5.41, 5.74) is 1.72. The molecular formula is C19H19BrN2O4. The summed E-state index contributed by atoms with van der Waals surface area (Å²) in [6.45, 7) is 1.39. The van der Waals surface area contributed by atoms with Crippen LogP contribution in [0, 0.1) is 0 Å². The average molecular weight is 419 g/mol. The summed E-state index contributed by atoms with van der Waals surface area (Å²) in [5.74, 6) is -1.19. The molecule has 0 bridgehead atoms. The van der Waals surface area contributed by atoms with Crippen LogP contribution in [-0.2, 0) is 20.7 Å². The lowest BCUT2D eigenvalue weighted by Crippen LogP contribution is -2.43. The molecule has 2 aromatic carbocycles. The molecule has 2 amide bonds. The predicted molar refractivity (Wildman–Crippen MR) is 102 cm³/mol. The number of halogens is 1. The summed E-state index contributed by atoms with van der Waals surface area (Å²) in [7, 11) is 1.28. The number of carbonyl (C=O) groups excluding carboxylic acids is 3. The second-order valence-corrected chi connectivity index (χ2v) is 6.56. The molecule has 0 spiro atoms. The molecule has 0 radical (unpaired) electrons. The Balaban J connectivity index is 2.16. The third-order valence-corrected chi connectivity index (χ3v) is 4.06. The van der Waals surface area contributed by atoms with Crippen LogP contribution in [0.3, 0.4) is 0 Å². The zero-order valence-electron chi connectivity index (χ0n) is 14.4. The van der Waals surface area contributed by atoms with Crippen molar-refractivity contribution in [2.24, 2.45) is 0 Å². The maximum atomic E-state index is 12.5. The minimum Gasteiger partial charge on any atom is -0.467 e. The van der Waals surface area contributed by atoms with Gasteiger partial charge in [-0.15, -0.1) is 0 Å². The molecule has 0 aliphatic carbocycles. The SMILES string of the molecule is COC(=O)[C@@H](Cc1cccc(Br)c1)NC(=O)c1cccc(NC(C)=O)c1. The molecule has 26 heavy (non-hydrogen) atoms. The summed E-state index contributed by atoms with van der Waals surface area (Å²) in [6, 6.07) is 13.1. The Morgan fingerprint density at radius 1 is 1.12 bits per heavy atom. The lowest BCUT2D eigenvalue weighted by atomic mass is 10.1. The Morgan fingerprint density at radius 3 is 2.50 bits per heavy atom. The van der Waals surface area contributed by atoms with E-state index in [-0.39, 0.29) is 5.91 Å². The van der Waals surface area contributed by atoms with Gasteiger partial charge >= 0.3 is 5.97 Å². The first-order chi connectivity index (χ1) is 12.4. The van der Waals surface area contributed by atoms with Crippen LogP contribution in [0.1, 0.15) is 22.8 Å². The molecule has 2 rings (SSSR count). The zero-order valence-corrected chi connectivity index (χ0v) is 16.0. The molecule has 0 heterocycles. The summed E-state index contributed by atoms with van der Waals surface area (Å²) in [5, 5.41) is 5.31. The maximum absolute atomic E-state index is 12.5. The largest absolute Gasteiger partial charge is 0.467 e. The number of amides is 2. The first-order valence-corrected chi connectivity index (χ1v) is 8.69. The second-order valence-electron chi connectivity index (χ2n) is 5.65. The van der Waals surface area contributed by atoms with Crippen molar-refractivity contribution in [2.45, 2.75) is 19.4 Å². The van der Waals surface area contributed by atoms with Crippen molar-refractivity contribution in [2.75, 3.05) is 12.4 Å². The maximum Gasteiger partial charge on any atom is 0.328 e. The summed E-state index contributed by atoms with van der Waals surface area (Å²) in [4.78, 5) is 35.8. The van der Waals surface area contributed by atoms with E-state index in [2.05, 4.69) is 26.6 Å². The Morgan fingerprint density at radius 2 is 1.85 bits per heavy atom. The van der Waals surface area contributed by atoms with Crippen molar-refractivity contribution in [3.8, 4) is 0 Å². The number of hydrogen-bond donors (Lipinski definition) is 2. The fourth-order valence-corrected chi connectivity index (χ4v) is 2.86. The van der Waals surface area contributed by atoms with Crippen molar-refractivity contribution in [1.29, 1.82) is 0 Å². The van der Waals surface area contributed by atoms with Gasteiger partial charge in [0, 0.05) is 29.1 Å². The number of benzene rings is 2. The van der Waals surface area contributed by atoms with E-state index in [4.69, 9.17) is 4.74 Å². The van der Waals surface area contributed by atoms with E-state index in [1.165, 1.54) is 14.0 Å². The number of ether oxygens (including phenoxy) is 1. The number of hydrogen-bond acceptors (Lipinski definition) is 4. The normalized spacial score (nSPS) is 11.3. The lowest BCUT2D eigenvalue weighted by molar-refractivity contribution is -0.142. The average Bonchev–Trinajstić information content (AvgIpc) is 2.60. The van der Waals surface area contributed by atoms with Gasteiger partial charge in [-0.2, -0.15) is 0 Å². The van der Waals surface area contributed by atoms with Gasteiger partial charge in [0.25, 0.3) is 5.91 Å². The number of carbonyl (C=O) groups is 3. The highest BCUT2D eigenvalue weighted by atomic mass is 79.9. The van der Waals surface area contributed by atoms with E-state index in [1.54, 1.807) is 24.3 Å². The minimum atomic E-state index is -0.828. The molecule has 0 saturated heterocycles. The van der Waals surface area contributed by atoms with Gasteiger partial charge in [0.2, 0.25) is 5.91 Å². The quantitative estimate of drug-likeness (QED) is 0.706. The fraction of sp³-hybridized carbons (Fsp3) is 0.211. The van der Waals surface area contributed by atoms with Crippen LogP contribution in [0.2, 0.25) is 0 Å². The first kappa shape index (κ1) is 19.7. The topological polar surface area (TPSA) is 84.5 Å². The van der Waals surface area contributed by atoms with Crippen LogP contribution in [0.15, 0.2) is 53.0 Å². The van der Waals surface area contributed by atoms with Crippen molar-refractivity contribution >= 4 is 39.4 Å². The smallest absolute Gasteiger partial charge is 0.328 e. The van der Waals surface area contributed by atoms with Crippen molar-refractivity contribution in [1.82, 2.24) is 5.32 Å². The van der Waals surface area contributed by atoms with Gasteiger partial charge in [-0.25, -0.2) is 4.79 Å². The minimum absolute atomic E-state index is 0.232. The lowest BCUT2D eigenvalue weighted by Gasteiger charge is -2.17. The second kappa shape index (κ2) is 9.15. The molecule has 136 valence electrons. The molecule has 0 saturated carbocycles. The van der Waals surface area contributed by atoms with Gasteiger partial charge in [0.15, 0.2) is 0 Å². The van der Waals surface area contributed by atoms with Crippen LogP contribution < -0.4 is 10.6 Å². The zero-order chi connectivity index (χ0) is 19.1.